The largest absolute Gasteiger partial charge is 0.454 e. The van der Waals surface area contributed by atoms with Gasteiger partial charge in [0.15, 0.2) is 23.1 Å². The fraction of sp³-hybridized carbons (Fsp3) is 0.316. The third-order valence-electron chi connectivity index (χ3n) is 4.13. The maximum Gasteiger partial charge on any atom is 0.231 e. The molecule has 1 aliphatic heterocycles. The van der Waals surface area contributed by atoms with Crippen molar-refractivity contribution in [3.8, 4) is 23.0 Å². The fourth-order valence-corrected chi connectivity index (χ4v) is 2.87. The Bertz CT molecular complexity index is 923. The summed E-state index contributed by atoms with van der Waals surface area (Å²) in [6, 6.07) is 11.8. The Morgan fingerprint density at radius 3 is 2.85 bits per heavy atom. The van der Waals surface area contributed by atoms with Crippen LogP contribution in [0.5, 0.6) is 11.5 Å². The first-order chi connectivity index (χ1) is 12.7. The molecule has 3 aromatic rings. The van der Waals surface area contributed by atoms with Crippen LogP contribution in [0.2, 0.25) is 0 Å². The molecular weight excluding hydrogens is 332 g/mol. The lowest BCUT2D eigenvalue weighted by Gasteiger charge is -2.07. The summed E-state index contributed by atoms with van der Waals surface area (Å²) in [5.74, 6) is 3.02. The summed E-state index contributed by atoms with van der Waals surface area (Å²) in [6.07, 6.45) is 0.656. The van der Waals surface area contributed by atoms with Crippen LogP contribution < -0.4 is 9.47 Å². The molecule has 1 aliphatic rings. The van der Waals surface area contributed by atoms with Gasteiger partial charge in [-0.2, -0.15) is 5.10 Å². The minimum atomic E-state index is 0.266. The number of hydrogen-bond donors (Lipinski definition) is 0. The van der Waals surface area contributed by atoms with Gasteiger partial charge in [0.2, 0.25) is 6.79 Å². The molecule has 0 aliphatic carbocycles. The highest BCUT2D eigenvalue weighted by atomic mass is 16.7. The molecule has 0 saturated carbocycles. The van der Waals surface area contributed by atoms with Crippen LogP contribution in [-0.4, -0.2) is 40.3 Å². The molecule has 0 unspecified atom stereocenters. The Balaban J connectivity index is 1.68. The maximum absolute atomic E-state index is 5.47. The van der Waals surface area contributed by atoms with Crippen molar-refractivity contribution < 1.29 is 14.2 Å². The molecule has 0 bridgehead atoms. The van der Waals surface area contributed by atoms with E-state index in [1.807, 2.05) is 48.0 Å². The van der Waals surface area contributed by atoms with Crippen LogP contribution >= 0.6 is 0 Å². The first kappa shape index (κ1) is 16.5. The first-order valence-corrected chi connectivity index (χ1v) is 8.48. The standard InChI is InChI=1S/C19H20N4O3/c1-13-4-3-5-15(20-13)19-21-18(8-9-24-2)22-23(19)11-14-6-7-16-17(10-14)26-12-25-16/h3-7,10H,8-9,11-12H2,1-2H3. The quantitative estimate of drug-likeness (QED) is 0.679. The predicted molar refractivity (Wildman–Crippen MR) is 95.2 cm³/mol. The van der Waals surface area contributed by atoms with E-state index in [1.54, 1.807) is 7.11 Å². The molecule has 4 rings (SSSR count). The molecular formula is C19H20N4O3. The van der Waals surface area contributed by atoms with Gasteiger partial charge in [-0.05, 0) is 36.8 Å². The molecule has 3 heterocycles. The van der Waals surface area contributed by atoms with Crippen molar-refractivity contribution >= 4 is 0 Å². The second-order valence-corrected chi connectivity index (χ2v) is 6.10. The van der Waals surface area contributed by atoms with Crippen molar-refractivity contribution in [2.75, 3.05) is 20.5 Å². The molecule has 0 atom stereocenters. The highest BCUT2D eigenvalue weighted by molar-refractivity contribution is 5.50. The van der Waals surface area contributed by atoms with Crippen molar-refractivity contribution in [2.24, 2.45) is 0 Å². The summed E-state index contributed by atoms with van der Waals surface area (Å²) in [5, 5.41) is 4.66. The highest BCUT2D eigenvalue weighted by Crippen LogP contribution is 2.33. The van der Waals surface area contributed by atoms with E-state index in [4.69, 9.17) is 14.2 Å². The van der Waals surface area contributed by atoms with Crippen LogP contribution in [0.4, 0.5) is 0 Å². The lowest BCUT2D eigenvalue weighted by atomic mass is 10.2. The van der Waals surface area contributed by atoms with Crippen molar-refractivity contribution in [1.29, 1.82) is 0 Å². The summed E-state index contributed by atoms with van der Waals surface area (Å²) in [6.45, 7) is 3.38. The van der Waals surface area contributed by atoms with Gasteiger partial charge in [0.05, 0.1) is 13.2 Å². The highest BCUT2D eigenvalue weighted by Gasteiger charge is 2.17. The number of nitrogens with zero attached hydrogens (tertiary/aromatic N) is 4. The van der Waals surface area contributed by atoms with Crippen molar-refractivity contribution in [3.63, 3.8) is 0 Å². The smallest absolute Gasteiger partial charge is 0.231 e. The Hall–Kier alpha value is -2.93. The predicted octanol–water partition coefficient (Wildman–Crippen LogP) is 2.61. The summed E-state index contributed by atoms with van der Waals surface area (Å²) in [7, 11) is 1.67. The molecule has 7 nitrogen and oxygen atoms in total. The molecule has 134 valence electrons. The maximum atomic E-state index is 5.47. The number of fused-ring (bicyclic) bond motifs is 1. The van der Waals surface area contributed by atoms with Crippen LogP contribution in [0.3, 0.4) is 0 Å². The Kier molecular flexibility index (Phi) is 4.53. The molecule has 7 heteroatoms. The van der Waals surface area contributed by atoms with E-state index in [9.17, 15) is 0 Å². The third kappa shape index (κ3) is 3.39. The topological polar surface area (TPSA) is 71.3 Å². The van der Waals surface area contributed by atoms with E-state index in [1.165, 1.54) is 0 Å². The van der Waals surface area contributed by atoms with E-state index >= 15 is 0 Å². The molecule has 1 aromatic carbocycles. The molecule has 0 amide bonds. The van der Waals surface area contributed by atoms with E-state index in [-0.39, 0.29) is 6.79 Å². The van der Waals surface area contributed by atoms with Gasteiger partial charge in [-0.15, -0.1) is 0 Å². The number of ether oxygens (including phenoxy) is 3. The van der Waals surface area contributed by atoms with Crippen LogP contribution in [0.15, 0.2) is 36.4 Å². The zero-order chi connectivity index (χ0) is 17.9. The molecule has 2 aromatic heterocycles. The summed E-state index contributed by atoms with van der Waals surface area (Å²) < 4.78 is 17.9. The Morgan fingerprint density at radius 1 is 1.12 bits per heavy atom. The van der Waals surface area contributed by atoms with Gasteiger partial charge in [0.1, 0.15) is 5.69 Å². The fourth-order valence-electron chi connectivity index (χ4n) is 2.87. The van der Waals surface area contributed by atoms with Crippen LogP contribution in [0.1, 0.15) is 17.1 Å². The van der Waals surface area contributed by atoms with Crippen LogP contribution in [-0.2, 0) is 17.7 Å². The molecule has 0 spiro atoms. The molecule has 0 fully saturated rings. The summed E-state index contributed by atoms with van der Waals surface area (Å²) in [4.78, 5) is 9.28. The second-order valence-electron chi connectivity index (χ2n) is 6.10. The molecule has 0 saturated heterocycles. The molecule has 26 heavy (non-hydrogen) atoms. The van der Waals surface area contributed by atoms with E-state index in [0.717, 1.165) is 40.1 Å². The zero-order valence-corrected chi connectivity index (χ0v) is 14.8. The second kappa shape index (κ2) is 7.13. The van der Waals surface area contributed by atoms with E-state index in [2.05, 4.69) is 15.1 Å². The van der Waals surface area contributed by atoms with Gasteiger partial charge in [-0.3, -0.25) is 0 Å². The van der Waals surface area contributed by atoms with Gasteiger partial charge in [0.25, 0.3) is 0 Å². The Morgan fingerprint density at radius 2 is 2.00 bits per heavy atom. The normalized spacial score (nSPS) is 12.5. The molecule has 0 radical (unpaired) electrons. The zero-order valence-electron chi connectivity index (χ0n) is 14.8. The van der Waals surface area contributed by atoms with Gasteiger partial charge in [-0.1, -0.05) is 12.1 Å². The average Bonchev–Trinajstić information content (AvgIpc) is 3.26. The number of aryl methyl sites for hydroxylation is 1. The summed E-state index contributed by atoms with van der Waals surface area (Å²) >= 11 is 0. The SMILES string of the molecule is COCCc1nc(-c2cccc(C)n2)n(Cc2ccc3c(c2)OCO3)n1. The minimum absolute atomic E-state index is 0.266. The van der Waals surface area contributed by atoms with Gasteiger partial charge < -0.3 is 14.2 Å². The van der Waals surface area contributed by atoms with Crippen molar-refractivity contribution in [2.45, 2.75) is 19.9 Å². The number of rotatable bonds is 6. The van der Waals surface area contributed by atoms with Gasteiger partial charge >= 0.3 is 0 Å². The van der Waals surface area contributed by atoms with Crippen molar-refractivity contribution in [3.05, 3.63) is 53.5 Å². The number of hydrogen-bond acceptors (Lipinski definition) is 6. The average molecular weight is 352 g/mol. The van der Waals surface area contributed by atoms with Crippen LogP contribution in [0, 0.1) is 6.92 Å². The van der Waals surface area contributed by atoms with E-state index < -0.39 is 0 Å². The minimum Gasteiger partial charge on any atom is -0.454 e. The summed E-state index contributed by atoms with van der Waals surface area (Å²) in [5.41, 5.74) is 2.81. The van der Waals surface area contributed by atoms with E-state index in [0.29, 0.717) is 19.6 Å². The Labute approximate surface area is 151 Å². The lowest BCUT2D eigenvalue weighted by molar-refractivity contribution is 0.174. The monoisotopic (exact) mass is 352 g/mol. The van der Waals surface area contributed by atoms with Crippen LogP contribution in [0.25, 0.3) is 11.5 Å². The van der Waals surface area contributed by atoms with Gasteiger partial charge in [-0.25, -0.2) is 14.6 Å². The number of aromatic nitrogens is 4. The first-order valence-electron chi connectivity index (χ1n) is 8.48. The number of pyridine rings is 1. The van der Waals surface area contributed by atoms with Gasteiger partial charge in [0, 0.05) is 19.2 Å². The number of benzene rings is 1. The lowest BCUT2D eigenvalue weighted by Crippen LogP contribution is -2.06. The molecule has 0 N–H and O–H groups in total. The van der Waals surface area contributed by atoms with Crippen molar-refractivity contribution in [1.82, 2.24) is 19.7 Å². The third-order valence-corrected chi connectivity index (χ3v) is 4.13. The number of methoxy groups -OCH3 is 1.